The summed E-state index contributed by atoms with van der Waals surface area (Å²) in [6.07, 6.45) is 2.50. The fourth-order valence-corrected chi connectivity index (χ4v) is 2.93. The first kappa shape index (κ1) is 13.9. The molecule has 1 aromatic carbocycles. The van der Waals surface area contributed by atoms with Crippen molar-refractivity contribution >= 4 is 34.4 Å². The van der Waals surface area contributed by atoms with Crippen molar-refractivity contribution < 1.29 is 9.59 Å². The summed E-state index contributed by atoms with van der Waals surface area (Å²) in [6.45, 7) is 1.10. The van der Waals surface area contributed by atoms with Crippen molar-refractivity contribution in [1.82, 2.24) is 10.2 Å². The highest BCUT2D eigenvalue weighted by Crippen LogP contribution is 2.34. The van der Waals surface area contributed by atoms with Gasteiger partial charge in [0.25, 0.3) is 0 Å². The van der Waals surface area contributed by atoms with Crippen LogP contribution in [0.15, 0.2) is 24.3 Å². The molecule has 0 aromatic heterocycles. The van der Waals surface area contributed by atoms with Gasteiger partial charge in [0.1, 0.15) is 6.04 Å². The van der Waals surface area contributed by atoms with Crippen LogP contribution in [0.2, 0.25) is 0 Å². The molecule has 1 atom stereocenters. The van der Waals surface area contributed by atoms with E-state index in [2.05, 4.69) is 27.9 Å². The van der Waals surface area contributed by atoms with E-state index >= 15 is 0 Å². The second-order valence-corrected chi connectivity index (χ2v) is 6.76. The monoisotopic (exact) mass is 384 g/mol. The maximum absolute atomic E-state index is 12.6. The molecule has 2 aliphatic rings. The fraction of sp³-hybridized carbons (Fsp3) is 0.467. The topological polar surface area (TPSA) is 49.4 Å². The van der Waals surface area contributed by atoms with Gasteiger partial charge >= 0.3 is 0 Å². The lowest BCUT2D eigenvalue weighted by atomic mass is 10.1. The molecular weight excluding hydrogens is 367 g/mol. The van der Waals surface area contributed by atoms with Crippen molar-refractivity contribution in [1.29, 1.82) is 0 Å². The van der Waals surface area contributed by atoms with Gasteiger partial charge in [0.15, 0.2) is 0 Å². The lowest BCUT2D eigenvalue weighted by Gasteiger charge is -2.24. The maximum atomic E-state index is 12.6. The SMILES string of the molecule is O=C1CCN(Cc2ccc(I)cc2)C(=O)C(C2CC2)N1. The maximum Gasteiger partial charge on any atom is 0.245 e. The van der Waals surface area contributed by atoms with E-state index in [9.17, 15) is 9.59 Å². The number of nitrogens with one attached hydrogen (secondary N) is 1. The van der Waals surface area contributed by atoms with E-state index in [0.717, 1.165) is 18.4 Å². The van der Waals surface area contributed by atoms with Gasteiger partial charge in [0.2, 0.25) is 11.8 Å². The van der Waals surface area contributed by atoms with Crippen LogP contribution in [0.4, 0.5) is 0 Å². The fourth-order valence-electron chi connectivity index (χ4n) is 2.57. The minimum Gasteiger partial charge on any atom is -0.344 e. The molecule has 1 unspecified atom stereocenters. The molecule has 4 nitrogen and oxygen atoms in total. The molecule has 1 aliphatic carbocycles. The second kappa shape index (κ2) is 5.71. The van der Waals surface area contributed by atoms with E-state index in [1.54, 1.807) is 0 Å². The number of rotatable bonds is 3. The van der Waals surface area contributed by atoms with Crippen molar-refractivity contribution in [2.45, 2.75) is 31.8 Å². The molecular formula is C15H17IN2O2. The van der Waals surface area contributed by atoms with Crippen molar-refractivity contribution in [2.24, 2.45) is 5.92 Å². The summed E-state index contributed by atoms with van der Waals surface area (Å²) >= 11 is 2.27. The van der Waals surface area contributed by atoms with Gasteiger partial charge < -0.3 is 10.2 Å². The summed E-state index contributed by atoms with van der Waals surface area (Å²) in [5.74, 6) is 0.432. The van der Waals surface area contributed by atoms with Crippen LogP contribution in [0.1, 0.15) is 24.8 Å². The van der Waals surface area contributed by atoms with Crippen LogP contribution in [0, 0.1) is 9.49 Å². The molecule has 3 rings (SSSR count). The Bertz CT molecular complexity index is 525. The third-order valence-electron chi connectivity index (χ3n) is 3.88. The van der Waals surface area contributed by atoms with Crippen LogP contribution in [0.3, 0.4) is 0 Å². The van der Waals surface area contributed by atoms with E-state index in [4.69, 9.17) is 0 Å². The first-order chi connectivity index (χ1) is 9.63. The molecule has 0 radical (unpaired) electrons. The normalized spacial score (nSPS) is 23.4. The summed E-state index contributed by atoms with van der Waals surface area (Å²) in [6, 6.07) is 7.87. The van der Waals surface area contributed by atoms with Crippen LogP contribution >= 0.6 is 22.6 Å². The molecule has 5 heteroatoms. The number of amides is 2. The van der Waals surface area contributed by atoms with Gasteiger partial charge in [0.05, 0.1) is 0 Å². The van der Waals surface area contributed by atoms with E-state index in [1.807, 2.05) is 29.2 Å². The van der Waals surface area contributed by atoms with Crippen LogP contribution in [0.25, 0.3) is 0 Å². The molecule has 2 amide bonds. The highest BCUT2D eigenvalue weighted by atomic mass is 127. The van der Waals surface area contributed by atoms with Crippen molar-refractivity contribution in [2.75, 3.05) is 6.54 Å². The van der Waals surface area contributed by atoms with Gasteiger partial charge in [-0.25, -0.2) is 0 Å². The average Bonchev–Trinajstić information content (AvgIpc) is 3.26. The van der Waals surface area contributed by atoms with Crippen LogP contribution in [-0.4, -0.2) is 29.3 Å². The third kappa shape index (κ3) is 3.13. The minimum absolute atomic E-state index is 0.000333. The molecule has 20 heavy (non-hydrogen) atoms. The Hall–Kier alpha value is -1.11. The molecule has 1 heterocycles. The standard InChI is InChI=1S/C15H17IN2O2/c16-12-5-1-10(2-6-12)9-18-8-7-13(19)17-14(15(18)20)11-3-4-11/h1-2,5-6,11,14H,3-4,7-9H2,(H,17,19). The highest BCUT2D eigenvalue weighted by molar-refractivity contribution is 14.1. The zero-order chi connectivity index (χ0) is 14.1. The Morgan fingerprint density at radius 1 is 1.20 bits per heavy atom. The highest BCUT2D eigenvalue weighted by Gasteiger charge is 2.40. The first-order valence-electron chi connectivity index (χ1n) is 6.96. The number of halogens is 1. The summed E-state index contributed by atoms with van der Waals surface area (Å²) in [4.78, 5) is 26.1. The van der Waals surface area contributed by atoms with Crippen LogP contribution in [-0.2, 0) is 16.1 Å². The quantitative estimate of drug-likeness (QED) is 0.810. The zero-order valence-electron chi connectivity index (χ0n) is 11.1. The van der Waals surface area contributed by atoms with Gasteiger partial charge in [-0.2, -0.15) is 0 Å². The Labute approximate surface area is 132 Å². The van der Waals surface area contributed by atoms with Gasteiger partial charge in [-0.3, -0.25) is 9.59 Å². The van der Waals surface area contributed by atoms with E-state index in [-0.39, 0.29) is 17.9 Å². The zero-order valence-corrected chi connectivity index (χ0v) is 13.3. The molecule has 1 saturated carbocycles. The molecule has 1 aliphatic heterocycles. The number of hydrogen-bond acceptors (Lipinski definition) is 2. The summed E-state index contributed by atoms with van der Waals surface area (Å²) in [5, 5.41) is 2.88. The number of nitrogens with zero attached hydrogens (tertiary/aromatic N) is 1. The molecule has 0 spiro atoms. The largest absolute Gasteiger partial charge is 0.344 e. The van der Waals surface area contributed by atoms with E-state index in [0.29, 0.717) is 25.4 Å². The second-order valence-electron chi connectivity index (χ2n) is 5.52. The first-order valence-corrected chi connectivity index (χ1v) is 8.04. The molecule has 1 N–H and O–H groups in total. The Kier molecular flexibility index (Phi) is 3.96. The predicted molar refractivity (Wildman–Crippen MR) is 83.8 cm³/mol. The number of carbonyl (C=O) groups is 2. The summed E-state index contributed by atoms with van der Waals surface area (Å²) < 4.78 is 1.18. The molecule has 106 valence electrons. The Morgan fingerprint density at radius 2 is 1.90 bits per heavy atom. The molecule has 2 fully saturated rings. The van der Waals surface area contributed by atoms with Gasteiger partial charge in [-0.1, -0.05) is 12.1 Å². The van der Waals surface area contributed by atoms with Gasteiger partial charge in [0, 0.05) is 23.1 Å². The van der Waals surface area contributed by atoms with E-state index in [1.165, 1.54) is 3.57 Å². The Balaban J connectivity index is 1.75. The molecule has 1 saturated heterocycles. The van der Waals surface area contributed by atoms with Crippen molar-refractivity contribution in [3.8, 4) is 0 Å². The lowest BCUT2D eigenvalue weighted by molar-refractivity contribution is -0.134. The van der Waals surface area contributed by atoms with Crippen molar-refractivity contribution in [3.63, 3.8) is 0 Å². The lowest BCUT2D eigenvalue weighted by Crippen LogP contribution is -2.45. The molecule has 1 aromatic rings. The van der Waals surface area contributed by atoms with Crippen molar-refractivity contribution in [3.05, 3.63) is 33.4 Å². The van der Waals surface area contributed by atoms with E-state index < -0.39 is 0 Å². The number of hydrogen-bond donors (Lipinski definition) is 1. The predicted octanol–water partition coefficient (Wildman–Crippen LogP) is 1.92. The van der Waals surface area contributed by atoms with Gasteiger partial charge in [-0.15, -0.1) is 0 Å². The Morgan fingerprint density at radius 3 is 2.55 bits per heavy atom. The third-order valence-corrected chi connectivity index (χ3v) is 4.60. The van der Waals surface area contributed by atoms with Crippen LogP contribution < -0.4 is 5.32 Å². The number of benzene rings is 1. The summed E-state index contributed by atoms with van der Waals surface area (Å²) in [7, 11) is 0. The summed E-state index contributed by atoms with van der Waals surface area (Å²) in [5.41, 5.74) is 1.11. The van der Waals surface area contributed by atoms with Crippen LogP contribution in [0.5, 0.6) is 0 Å². The minimum atomic E-state index is -0.297. The smallest absolute Gasteiger partial charge is 0.245 e. The number of carbonyl (C=O) groups excluding carboxylic acids is 2. The van der Waals surface area contributed by atoms with Gasteiger partial charge in [-0.05, 0) is 59.0 Å². The molecule has 0 bridgehead atoms. The average molecular weight is 384 g/mol.